The lowest BCUT2D eigenvalue weighted by Crippen LogP contribution is -2.27. The second kappa shape index (κ2) is 6.42. The molecule has 0 aliphatic heterocycles. The third-order valence-electron chi connectivity index (χ3n) is 3.41. The van der Waals surface area contributed by atoms with E-state index in [1.54, 1.807) is 0 Å². The van der Waals surface area contributed by atoms with Crippen LogP contribution in [0.3, 0.4) is 0 Å². The SMILES string of the molecule is CCCCC(CC1CCCC1)NC. The average molecular weight is 183 g/mol. The van der Waals surface area contributed by atoms with Gasteiger partial charge in [-0.2, -0.15) is 0 Å². The van der Waals surface area contributed by atoms with Crippen LogP contribution < -0.4 is 5.32 Å². The predicted octanol–water partition coefficient (Wildman–Crippen LogP) is 3.34. The van der Waals surface area contributed by atoms with Gasteiger partial charge < -0.3 is 5.32 Å². The van der Waals surface area contributed by atoms with Gasteiger partial charge in [0.15, 0.2) is 0 Å². The first-order chi connectivity index (χ1) is 6.36. The zero-order valence-electron chi connectivity index (χ0n) is 9.31. The minimum Gasteiger partial charge on any atom is -0.317 e. The van der Waals surface area contributed by atoms with E-state index in [1.165, 1.54) is 51.4 Å². The zero-order valence-corrected chi connectivity index (χ0v) is 9.31. The molecule has 0 aromatic rings. The molecule has 0 bridgehead atoms. The van der Waals surface area contributed by atoms with Crippen LogP contribution in [0, 0.1) is 5.92 Å². The number of rotatable bonds is 6. The summed E-state index contributed by atoms with van der Waals surface area (Å²) in [4.78, 5) is 0. The van der Waals surface area contributed by atoms with Crippen molar-refractivity contribution in [3.05, 3.63) is 0 Å². The molecule has 1 heteroatoms. The maximum Gasteiger partial charge on any atom is 0.00667 e. The van der Waals surface area contributed by atoms with Gasteiger partial charge in [-0.25, -0.2) is 0 Å². The minimum absolute atomic E-state index is 0.794. The van der Waals surface area contributed by atoms with Gasteiger partial charge in [-0.15, -0.1) is 0 Å². The van der Waals surface area contributed by atoms with Gasteiger partial charge in [0, 0.05) is 6.04 Å². The first-order valence-electron chi connectivity index (χ1n) is 6.04. The van der Waals surface area contributed by atoms with E-state index in [9.17, 15) is 0 Å². The van der Waals surface area contributed by atoms with Crippen LogP contribution >= 0.6 is 0 Å². The highest BCUT2D eigenvalue weighted by Gasteiger charge is 2.18. The highest BCUT2D eigenvalue weighted by Crippen LogP contribution is 2.29. The minimum atomic E-state index is 0.794. The van der Waals surface area contributed by atoms with Crippen molar-refractivity contribution < 1.29 is 0 Å². The average Bonchev–Trinajstić information content (AvgIpc) is 2.64. The number of unbranched alkanes of at least 4 members (excludes halogenated alkanes) is 1. The molecule has 1 nitrogen and oxygen atoms in total. The van der Waals surface area contributed by atoms with Crippen molar-refractivity contribution in [2.45, 2.75) is 64.3 Å². The molecule has 78 valence electrons. The molecule has 0 heterocycles. The lowest BCUT2D eigenvalue weighted by molar-refractivity contribution is 0.381. The normalized spacial score (nSPS) is 20.8. The summed E-state index contributed by atoms with van der Waals surface area (Å²) in [5.41, 5.74) is 0. The molecule has 1 atom stereocenters. The zero-order chi connectivity index (χ0) is 9.52. The van der Waals surface area contributed by atoms with E-state index in [0.717, 1.165) is 12.0 Å². The summed E-state index contributed by atoms with van der Waals surface area (Å²) >= 11 is 0. The Morgan fingerprint density at radius 3 is 2.54 bits per heavy atom. The molecule has 0 saturated heterocycles. The van der Waals surface area contributed by atoms with Gasteiger partial charge in [-0.05, 0) is 25.8 Å². The Bertz CT molecular complexity index is 116. The van der Waals surface area contributed by atoms with Crippen LogP contribution in [0.5, 0.6) is 0 Å². The van der Waals surface area contributed by atoms with E-state index in [0.29, 0.717) is 0 Å². The Labute approximate surface area is 83.3 Å². The fourth-order valence-electron chi connectivity index (χ4n) is 2.48. The van der Waals surface area contributed by atoms with Gasteiger partial charge in [0.25, 0.3) is 0 Å². The van der Waals surface area contributed by atoms with Gasteiger partial charge in [-0.1, -0.05) is 45.4 Å². The number of hydrogen-bond donors (Lipinski definition) is 1. The van der Waals surface area contributed by atoms with E-state index in [2.05, 4.69) is 19.3 Å². The summed E-state index contributed by atoms with van der Waals surface area (Å²) in [5, 5.41) is 3.46. The summed E-state index contributed by atoms with van der Waals surface area (Å²) in [7, 11) is 2.12. The highest BCUT2D eigenvalue weighted by atomic mass is 14.9. The number of nitrogens with one attached hydrogen (secondary N) is 1. The first-order valence-corrected chi connectivity index (χ1v) is 6.04. The van der Waals surface area contributed by atoms with Gasteiger partial charge in [0.1, 0.15) is 0 Å². The summed E-state index contributed by atoms with van der Waals surface area (Å²) in [6.07, 6.45) is 11.5. The smallest absolute Gasteiger partial charge is 0.00667 e. The van der Waals surface area contributed by atoms with E-state index in [1.807, 2.05) is 0 Å². The Kier molecular flexibility index (Phi) is 5.45. The monoisotopic (exact) mass is 183 g/mol. The second-order valence-corrected chi connectivity index (χ2v) is 4.51. The molecule has 1 aliphatic carbocycles. The van der Waals surface area contributed by atoms with Crippen molar-refractivity contribution in [3.63, 3.8) is 0 Å². The van der Waals surface area contributed by atoms with Crippen molar-refractivity contribution >= 4 is 0 Å². The molecular weight excluding hydrogens is 158 g/mol. The van der Waals surface area contributed by atoms with E-state index < -0.39 is 0 Å². The molecular formula is C12H25N. The van der Waals surface area contributed by atoms with Gasteiger partial charge in [0.2, 0.25) is 0 Å². The summed E-state index contributed by atoms with van der Waals surface area (Å²) in [6, 6.07) is 0.794. The highest BCUT2D eigenvalue weighted by molar-refractivity contribution is 4.74. The Morgan fingerprint density at radius 2 is 2.00 bits per heavy atom. The van der Waals surface area contributed by atoms with Crippen LogP contribution in [0.1, 0.15) is 58.3 Å². The fraction of sp³-hybridized carbons (Fsp3) is 1.00. The van der Waals surface area contributed by atoms with Crippen molar-refractivity contribution in [1.82, 2.24) is 5.32 Å². The van der Waals surface area contributed by atoms with Crippen LogP contribution in [0.25, 0.3) is 0 Å². The molecule has 1 fully saturated rings. The molecule has 1 aliphatic rings. The Hall–Kier alpha value is -0.0400. The largest absolute Gasteiger partial charge is 0.317 e. The summed E-state index contributed by atoms with van der Waals surface area (Å²) in [5.74, 6) is 1.04. The molecule has 0 aromatic heterocycles. The van der Waals surface area contributed by atoms with Crippen LogP contribution in [0.15, 0.2) is 0 Å². The van der Waals surface area contributed by atoms with Crippen LogP contribution in [-0.2, 0) is 0 Å². The summed E-state index contributed by atoms with van der Waals surface area (Å²) in [6.45, 7) is 2.28. The van der Waals surface area contributed by atoms with E-state index >= 15 is 0 Å². The van der Waals surface area contributed by atoms with Crippen molar-refractivity contribution in [2.24, 2.45) is 5.92 Å². The molecule has 13 heavy (non-hydrogen) atoms. The fourth-order valence-corrected chi connectivity index (χ4v) is 2.48. The van der Waals surface area contributed by atoms with Gasteiger partial charge in [-0.3, -0.25) is 0 Å². The third kappa shape index (κ3) is 4.12. The third-order valence-corrected chi connectivity index (χ3v) is 3.41. The first kappa shape index (κ1) is 11.0. The van der Waals surface area contributed by atoms with E-state index in [4.69, 9.17) is 0 Å². The summed E-state index contributed by atoms with van der Waals surface area (Å²) < 4.78 is 0. The Morgan fingerprint density at radius 1 is 1.31 bits per heavy atom. The molecule has 0 spiro atoms. The molecule has 1 rings (SSSR count). The number of hydrogen-bond acceptors (Lipinski definition) is 1. The maximum absolute atomic E-state index is 3.46. The quantitative estimate of drug-likeness (QED) is 0.666. The van der Waals surface area contributed by atoms with Gasteiger partial charge in [0.05, 0.1) is 0 Å². The Balaban J connectivity index is 2.13. The molecule has 0 amide bonds. The van der Waals surface area contributed by atoms with Crippen LogP contribution in [0.4, 0.5) is 0 Å². The molecule has 1 N–H and O–H groups in total. The maximum atomic E-state index is 3.46. The molecule has 0 radical (unpaired) electrons. The van der Waals surface area contributed by atoms with Gasteiger partial charge >= 0.3 is 0 Å². The lowest BCUT2D eigenvalue weighted by atomic mass is 9.95. The lowest BCUT2D eigenvalue weighted by Gasteiger charge is -2.19. The van der Waals surface area contributed by atoms with Crippen LogP contribution in [-0.4, -0.2) is 13.1 Å². The molecule has 0 aromatic carbocycles. The van der Waals surface area contributed by atoms with Crippen molar-refractivity contribution in [2.75, 3.05) is 7.05 Å². The van der Waals surface area contributed by atoms with Crippen molar-refractivity contribution in [3.8, 4) is 0 Å². The predicted molar refractivity (Wildman–Crippen MR) is 58.9 cm³/mol. The molecule has 1 saturated carbocycles. The van der Waals surface area contributed by atoms with Crippen LogP contribution in [0.2, 0.25) is 0 Å². The topological polar surface area (TPSA) is 12.0 Å². The van der Waals surface area contributed by atoms with E-state index in [-0.39, 0.29) is 0 Å². The second-order valence-electron chi connectivity index (χ2n) is 4.51. The van der Waals surface area contributed by atoms with Crippen molar-refractivity contribution in [1.29, 1.82) is 0 Å². The standard InChI is InChI=1S/C12H25N/c1-3-4-9-12(13-2)10-11-7-5-6-8-11/h11-13H,3-10H2,1-2H3. The molecule has 1 unspecified atom stereocenters.